The predicted octanol–water partition coefficient (Wildman–Crippen LogP) is 4.55. The molecule has 0 saturated carbocycles. The van der Waals surface area contributed by atoms with Crippen LogP contribution < -0.4 is 14.8 Å². The van der Waals surface area contributed by atoms with Crippen LogP contribution in [0.3, 0.4) is 0 Å². The Balaban J connectivity index is 1.99. The quantitative estimate of drug-likeness (QED) is 0.702. The highest BCUT2D eigenvalue weighted by Crippen LogP contribution is 2.30. The molecule has 0 aliphatic carbocycles. The van der Waals surface area contributed by atoms with Gasteiger partial charge in [-0.25, -0.2) is 0 Å². The number of ether oxygens (including phenoxy) is 2. The molecular weight excluding hydrogens is 347 g/mol. The Kier molecular flexibility index (Phi) is 6.76. The van der Waals surface area contributed by atoms with Gasteiger partial charge in [-0.1, -0.05) is 19.4 Å². The van der Waals surface area contributed by atoms with E-state index >= 15 is 0 Å². The highest BCUT2D eigenvalue weighted by Gasteiger charge is 2.29. The Morgan fingerprint density at radius 1 is 1.19 bits per heavy atom. The fourth-order valence-corrected chi connectivity index (χ4v) is 2.42. The number of alkyl halides is 3. The summed E-state index contributed by atoms with van der Waals surface area (Å²) in [6.45, 7) is 4.13. The van der Waals surface area contributed by atoms with Crippen LogP contribution >= 0.6 is 0 Å². The molecule has 1 N–H and O–H groups in total. The van der Waals surface area contributed by atoms with Crippen LogP contribution in [-0.4, -0.2) is 29.7 Å². The van der Waals surface area contributed by atoms with Gasteiger partial charge in [-0.3, -0.25) is 4.68 Å². The number of unbranched alkanes of at least 4 members (excludes halogenated alkanes) is 1. The van der Waals surface area contributed by atoms with Gasteiger partial charge in [0.15, 0.2) is 18.1 Å². The van der Waals surface area contributed by atoms with Crippen molar-refractivity contribution in [3.8, 4) is 11.5 Å². The molecule has 0 saturated heterocycles. The Bertz CT molecular complexity index is 714. The molecule has 0 fully saturated rings. The van der Waals surface area contributed by atoms with Crippen molar-refractivity contribution in [1.82, 2.24) is 9.78 Å². The van der Waals surface area contributed by atoms with E-state index in [4.69, 9.17) is 9.47 Å². The van der Waals surface area contributed by atoms with Crippen LogP contribution in [0.1, 0.15) is 31.0 Å². The molecule has 5 nitrogen and oxygen atoms in total. The second-order valence-electron chi connectivity index (χ2n) is 5.99. The van der Waals surface area contributed by atoms with Crippen molar-refractivity contribution >= 4 is 5.82 Å². The maximum Gasteiger partial charge on any atom is 0.422 e. The molecular formula is C18H24F3N3O2. The van der Waals surface area contributed by atoms with Gasteiger partial charge >= 0.3 is 6.18 Å². The fourth-order valence-electron chi connectivity index (χ4n) is 2.42. The van der Waals surface area contributed by atoms with Crippen molar-refractivity contribution in [3.05, 3.63) is 35.5 Å². The highest BCUT2D eigenvalue weighted by molar-refractivity contribution is 5.44. The zero-order chi connectivity index (χ0) is 19.2. The van der Waals surface area contributed by atoms with Gasteiger partial charge < -0.3 is 14.8 Å². The van der Waals surface area contributed by atoms with Gasteiger partial charge in [-0.15, -0.1) is 0 Å². The summed E-state index contributed by atoms with van der Waals surface area (Å²) in [5.41, 5.74) is 1.93. The van der Waals surface area contributed by atoms with E-state index in [1.165, 1.54) is 13.2 Å². The molecule has 26 heavy (non-hydrogen) atoms. The molecule has 0 unspecified atom stereocenters. The second-order valence-corrected chi connectivity index (χ2v) is 5.99. The second kappa shape index (κ2) is 8.82. The van der Waals surface area contributed by atoms with Crippen LogP contribution in [0, 0.1) is 6.92 Å². The van der Waals surface area contributed by atoms with Gasteiger partial charge in [0, 0.05) is 24.8 Å². The number of nitrogens with zero attached hydrogens (tertiary/aromatic N) is 2. The standard InChI is InChI=1S/C18H24F3N3O2/c1-4-5-8-24-13(2)9-17(23-24)22-11-14-6-7-15(16(10-14)25-3)26-12-18(19,20)21/h6-7,9-10H,4-5,8,11-12H2,1-3H3,(H,22,23). The lowest BCUT2D eigenvalue weighted by Gasteiger charge is -2.13. The first-order valence-electron chi connectivity index (χ1n) is 8.47. The molecule has 0 aliphatic rings. The van der Waals surface area contributed by atoms with E-state index in [1.807, 2.05) is 17.7 Å². The van der Waals surface area contributed by atoms with E-state index in [2.05, 4.69) is 17.3 Å². The van der Waals surface area contributed by atoms with E-state index < -0.39 is 12.8 Å². The number of aromatic nitrogens is 2. The van der Waals surface area contributed by atoms with Crippen LogP contribution in [0.2, 0.25) is 0 Å². The van der Waals surface area contributed by atoms with Gasteiger partial charge in [-0.2, -0.15) is 18.3 Å². The number of hydrogen-bond donors (Lipinski definition) is 1. The third kappa shape index (κ3) is 5.86. The lowest BCUT2D eigenvalue weighted by Crippen LogP contribution is -2.19. The normalized spacial score (nSPS) is 11.5. The zero-order valence-electron chi connectivity index (χ0n) is 15.2. The summed E-state index contributed by atoms with van der Waals surface area (Å²) in [5.74, 6) is 1.08. The van der Waals surface area contributed by atoms with Crippen LogP contribution in [0.5, 0.6) is 11.5 Å². The molecule has 0 radical (unpaired) electrons. The average molecular weight is 371 g/mol. The largest absolute Gasteiger partial charge is 0.493 e. The molecule has 8 heteroatoms. The Morgan fingerprint density at radius 2 is 1.96 bits per heavy atom. The van der Waals surface area contributed by atoms with E-state index in [1.54, 1.807) is 12.1 Å². The third-order valence-electron chi connectivity index (χ3n) is 3.80. The molecule has 2 rings (SSSR count). The lowest BCUT2D eigenvalue weighted by atomic mass is 10.2. The molecule has 1 heterocycles. The monoisotopic (exact) mass is 371 g/mol. The minimum Gasteiger partial charge on any atom is -0.493 e. The first-order valence-corrected chi connectivity index (χ1v) is 8.47. The van der Waals surface area contributed by atoms with Crippen LogP contribution in [0.15, 0.2) is 24.3 Å². The van der Waals surface area contributed by atoms with Crippen molar-refractivity contribution in [2.45, 2.75) is 46.0 Å². The predicted molar refractivity (Wildman–Crippen MR) is 93.7 cm³/mol. The third-order valence-corrected chi connectivity index (χ3v) is 3.80. The van der Waals surface area contributed by atoms with E-state index in [0.29, 0.717) is 6.54 Å². The summed E-state index contributed by atoms with van der Waals surface area (Å²) in [7, 11) is 1.39. The number of halogens is 3. The summed E-state index contributed by atoms with van der Waals surface area (Å²) in [6, 6.07) is 6.79. The maximum atomic E-state index is 12.3. The number of anilines is 1. The summed E-state index contributed by atoms with van der Waals surface area (Å²) < 4.78 is 48.7. The Labute approximate surface area is 151 Å². The van der Waals surface area contributed by atoms with Crippen LogP contribution in [-0.2, 0) is 13.1 Å². The molecule has 0 amide bonds. The molecule has 1 aromatic carbocycles. The van der Waals surface area contributed by atoms with Gasteiger partial charge in [0.1, 0.15) is 5.82 Å². The lowest BCUT2D eigenvalue weighted by molar-refractivity contribution is -0.153. The van der Waals surface area contributed by atoms with Gasteiger partial charge in [0.25, 0.3) is 0 Å². The molecule has 2 aromatic rings. The first kappa shape index (κ1) is 19.9. The summed E-state index contributed by atoms with van der Waals surface area (Å²) in [4.78, 5) is 0. The average Bonchev–Trinajstić information content (AvgIpc) is 2.95. The number of aryl methyl sites for hydroxylation is 2. The molecule has 0 atom stereocenters. The van der Waals surface area contributed by atoms with E-state index in [0.717, 1.165) is 36.5 Å². The van der Waals surface area contributed by atoms with Crippen molar-refractivity contribution in [2.75, 3.05) is 19.0 Å². The first-order chi connectivity index (χ1) is 12.3. The minimum atomic E-state index is -4.39. The number of nitrogens with one attached hydrogen (secondary N) is 1. The van der Waals surface area contributed by atoms with Gasteiger partial charge in [0.05, 0.1) is 7.11 Å². The number of hydrogen-bond acceptors (Lipinski definition) is 4. The molecule has 144 valence electrons. The molecule has 1 aromatic heterocycles. The van der Waals surface area contributed by atoms with E-state index in [9.17, 15) is 13.2 Å². The van der Waals surface area contributed by atoms with Gasteiger partial charge in [-0.05, 0) is 31.0 Å². The summed E-state index contributed by atoms with van der Waals surface area (Å²) in [5, 5.41) is 7.72. The number of methoxy groups -OCH3 is 1. The van der Waals surface area contributed by atoms with Crippen molar-refractivity contribution in [2.24, 2.45) is 0 Å². The number of rotatable bonds is 9. The topological polar surface area (TPSA) is 48.3 Å². The van der Waals surface area contributed by atoms with Crippen molar-refractivity contribution in [1.29, 1.82) is 0 Å². The van der Waals surface area contributed by atoms with Crippen molar-refractivity contribution < 1.29 is 22.6 Å². The maximum absolute atomic E-state index is 12.3. The Hall–Kier alpha value is -2.38. The van der Waals surface area contributed by atoms with Gasteiger partial charge in [0.2, 0.25) is 0 Å². The van der Waals surface area contributed by atoms with E-state index in [-0.39, 0.29) is 11.5 Å². The molecule has 0 spiro atoms. The summed E-state index contributed by atoms with van der Waals surface area (Å²) >= 11 is 0. The Morgan fingerprint density at radius 3 is 2.62 bits per heavy atom. The van der Waals surface area contributed by atoms with Crippen molar-refractivity contribution in [3.63, 3.8) is 0 Å². The highest BCUT2D eigenvalue weighted by atomic mass is 19.4. The zero-order valence-corrected chi connectivity index (χ0v) is 15.2. The minimum absolute atomic E-state index is 0.0632. The molecule has 0 aliphatic heterocycles. The van der Waals surface area contributed by atoms with Crippen LogP contribution in [0.4, 0.5) is 19.0 Å². The SMILES string of the molecule is CCCCn1nc(NCc2ccc(OCC(F)(F)F)c(OC)c2)cc1C. The van der Waals surface area contributed by atoms with Crippen LogP contribution in [0.25, 0.3) is 0 Å². The summed E-state index contributed by atoms with van der Waals surface area (Å²) in [6.07, 6.45) is -2.22. The smallest absolute Gasteiger partial charge is 0.422 e. The number of benzene rings is 1. The fraction of sp³-hybridized carbons (Fsp3) is 0.500. The molecule has 0 bridgehead atoms.